The van der Waals surface area contributed by atoms with Crippen molar-refractivity contribution in [3.8, 4) is 0 Å². The number of nitrogen functional groups attached to an aromatic ring is 1. The minimum Gasteiger partial charge on any atom is -0.459 e. The van der Waals surface area contributed by atoms with Gasteiger partial charge in [-0.25, -0.2) is 9.18 Å². The van der Waals surface area contributed by atoms with Gasteiger partial charge in [-0.3, -0.25) is 0 Å². The Kier molecular flexibility index (Phi) is 3.52. The molecular formula is C10H11ClFNO2. The van der Waals surface area contributed by atoms with Crippen LogP contribution in [0.1, 0.15) is 24.2 Å². The van der Waals surface area contributed by atoms with E-state index < -0.39 is 11.8 Å². The highest BCUT2D eigenvalue weighted by atomic mass is 35.5. The molecule has 0 aliphatic rings. The Balaban J connectivity index is 3.08. The van der Waals surface area contributed by atoms with Gasteiger partial charge in [-0.05, 0) is 26.0 Å². The molecular weight excluding hydrogens is 221 g/mol. The molecule has 1 aromatic carbocycles. The summed E-state index contributed by atoms with van der Waals surface area (Å²) in [6.07, 6.45) is -0.293. The monoisotopic (exact) mass is 231 g/mol. The van der Waals surface area contributed by atoms with Crippen LogP contribution in [0, 0.1) is 5.82 Å². The smallest absolute Gasteiger partial charge is 0.340 e. The number of carbonyl (C=O) groups excluding carboxylic acids is 1. The van der Waals surface area contributed by atoms with E-state index in [0.29, 0.717) is 0 Å². The predicted octanol–water partition coefficient (Wildman–Crippen LogP) is 2.63. The van der Waals surface area contributed by atoms with E-state index in [2.05, 4.69) is 0 Å². The normalized spacial score (nSPS) is 10.5. The first kappa shape index (κ1) is 11.8. The fourth-order valence-electron chi connectivity index (χ4n) is 1.03. The number of benzene rings is 1. The van der Waals surface area contributed by atoms with Crippen LogP contribution in [-0.2, 0) is 4.74 Å². The van der Waals surface area contributed by atoms with Crippen molar-refractivity contribution in [2.24, 2.45) is 0 Å². The number of hydrogen-bond donors (Lipinski definition) is 1. The Morgan fingerprint density at radius 3 is 2.67 bits per heavy atom. The third kappa shape index (κ3) is 2.83. The van der Waals surface area contributed by atoms with E-state index in [4.69, 9.17) is 22.1 Å². The van der Waals surface area contributed by atoms with Crippen LogP contribution in [0.25, 0.3) is 0 Å². The molecule has 82 valence electrons. The van der Waals surface area contributed by atoms with Gasteiger partial charge in [0, 0.05) is 5.02 Å². The summed E-state index contributed by atoms with van der Waals surface area (Å²) >= 11 is 5.60. The van der Waals surface area contributed by atoms with Crippen LogP contribution in [0.2, 0.25) is 5.02 Å². The molecule has 1 aromatic rings. The zero-order valence-electron chi connectivity index (χ0n) is 8.38. The average Bonchev–Trinajstić information content (AvgIpc) is 2.09. The molecule has 1 rings (SSSR count). The van der Waals surface area contributed by atoms with E-state index in [1.165, 1.54) is 6.07 Å². The first-order valence-electron chi connectivity index (χ1n) is 4.37. The Labute approximate surface area is 92.0 Å². The van der Waals surface area contributed by atoms with E-state index in [-0.39, 0.29) is 22.4 Å². The van der Waals surface area contributed by atoms with Crippen molar-refractivity contribution in [1.82, 2.24) is 0 Å². The molecule has 0 heterocycles. The summed E-state index contributed by atoms with van der Waals surface area (Å²) in [6, 6.07) is 2.33. The number of carbonyl (C=O) groups is 1. The van der Waals surface area contributed by atoms with E-state index in [1.54, 1.807) is 13.8 Å². The highest BCUT2D eigenvalue weighted by Crippen LogP contribution is 2.23. The van der Waals surface area contributed by atoms with Crippen molar-refractivity contribution in [3.63, 3.8) is 0 Å². The molecule has 3 nitrogen and oxygen atoms in total. The maximum Gasteiger partial charge on any atom is 0.340 e. The van der Waals surface area contributed by atoms with Crippen molar-refractivity contribution in [2.75, 3.05) is 5.73 Å². The molecule has 0 unspecified atom stereocenters. The molecule has 0 saturated carbocycles. The number of ether oxygens (including phenoxy) is 1. The Bertz CT molecular complexity index is 393. The Morgan fingerprint density at radius 2 is 2.13 bits per heavy atom. The number of esters is 1. The fourth-order valence-corrected chi connectivity index (χ4v) is 1.24. The molecule has 0 saturated heterocycles. The molecule has 0 radical (unpaired) electrons. The molecule has 0 aromatic heterocycles. The summed E-state index contributed by atoms with van der Waals surface area (Å²) in [4.78, 5) is 11.5. The summed E-state index contributed by atoms with van der Waals surface area (Å²) in [5, 5.41) is 0.109. The number of rotatable bonds is 2. The summed E-state index contributed by atoms with van der Waals surface area (Å²) in [7, 11) is 0. The van der Waals surface area contributed by atoms with Crippen LogP contribution in [0.15, 0.2) is 12.1 Å². The van der Waals surface area contributed by atoms with Crippen LogP contribution in [0.5, 0.6) is 0 Å². The van der Waals surface area contributed by atoms with Gasteiger partial charge in [0.15, 0.2) is 0 Å². The maximum absolute atomic E-state index is 13.1. The zero-order chi connectivity index (χ0) is 11.6. The molecule has 0 fully saturated rings. The van der Waals surface area contributed by atoms with Gasteiger partial charge in [-0.1, -0.05) is 11.6 Å². The quantitative estimate of drug-likeness (QED) is 0.629. The molecule has 0 spiro atoms. The summed E-state index contributed by atoms with van der Waals surface area (Å²) < 4.78 is 18.0. The van der Waals surface area contributed by atoms with Crippen molar-refractivity contribution in [3.05, 3.63) is 28.5 Å². The van der Waals surface area contributed by atoms with E-state index in [1.807, 2.05) is 0 Å². The van der Waals surface area contributed by atoms with Crippen molar-refractivity contribution in [2.45, 2.75) is 20.0 Å². The topological polar surface area (TPSA) is 52.3 Å². The molecule has 0 atom stereocenters. The first-order valence-corrected chi connectivity index (χ1v) is 4.75. The van der Waals surface area contributed by atoms with Gasteiger partial charge in [0.1, 0.15) is 5.82 Å². The van der Waals surface area contributed by atoms with Crippen molar-refractivity contribution in [1.29, 1.82) is 0 Å². The van der Waals surface area contributed by atoms with Crippen LogP contribution < -0.4 is 5.73 Å². The van der Waals surface area contributed by atoms with Crippen LogP contribution >= 0.6 is 11.6 Å². The second kappa shape index (κ2) is 4.49. The standard InChI is InChI=1S/C10H11ClFNO2/c1-5(2)15-10(14)7-3-6(11)4-8(12)9(7)13/h3-5H,13H2,1-2H3. The first-order chi connectivity index (χ1) is 6.91. The number of nitrogens with two attached hydrogens (primary N) is 1. The summed E-state index contributed by atoms with van der Waals surface area (Å²) in [5.74, 6) is -1.40. The van der Waals surface area contributed by atoms with Gasteiger partial charge in [-0.15, -0.1) is 0 Å². The largest absolute Gasteiger partial charge is 0.459 e. The van der Waals surface area contributed by atoms with Crippen LogP contribution in [0.4, 0.5) is 10.1 Å². The SMILES string of the molecule is CC(C)OC(=O)c1cc(Cl)cc(F)c1N. The van der Waals surface area contributed by atoms with Crippen LogP contribution in [0.3, 0.4) is 0 Å². The van der Waals surface area contributed by atoms with Crippen molar-refractivity contribution < 1.29 is 13.9 Å². The second-order valence-corrected chi connectivity index (χ2v) is 3.74. The molecule has 0 aliphatic carbocycles. The van der Waals surface area contributed by atoms with E-state index in [0.717, 1.165) is 6.07 Å². The highest BCUT2D eigenvalue weighted by Gasteiger charge is 2.16. The number of anilines is 1. The molecule has 2 N–H and O–H groups in total. The average molecular weight is 232 g/mol. The minimum atomic E-state index is -0.724. The molecule has 0 amide bonds. The lowest BCUT2D eigenvalue weighted by Gasteiger charge is -2.10. The Hall–Kier alpha value is -1.29. The van der Waals surface area contributed by atoms with E-state index >= 15 is 0 Å². The second-order valence-electron chi connectivity index (χ2n) is 3.30. The molecule has 5 heteroatoms. The third-order valence-electron chi connectivity index (χ3n) is 1.66. The molecule has 15 heavy (non-hydrogen) atoms. The van der Waals surface area contributed by atoms with E-state index in [9.17, 15) is 9.18 Å². The lowest BCUT2D eigenvalue weighted by atomic mass is 10.2. The zero-order valence-corrected chi connectivity index (χ0v) is 9.14. The highest BCUT2D eigenvalue weighted by molar-refractivity contribution is 6.31. The number of hydrogen-bond acceptors (Lipinski definition) is 3. The third-order valence-corrected chi connectivity index (χ3v) is 1.88. The van der Waals surface area contributed by atoms with Gasteiger partial charge in [-0.2, -0.15) is 0 Å². The van der Waals surface area contributed by atoms with Gasteiger partial charge >= 0.3 is 5.97 Å². The van der Waals surface area contributed by atoms with Crippen LogP contribution in [-0.4, -0.2) is 12.1 Å². The van der Waals surface area contributed by atoms with Gasteiger partial charge < -0.3 is 10.5 Å². The molecule has 0 bridgehead atoms. The lowest BCUT2D eigenvalue weighted by Crippen LogP contribution is -2.14. The minimum absolute atomic E-state index is 0.0475. The summed E-state index contributed by atoms with van der Waals surface area (Å²) in [6.45, 7) is 3.38. The Morgan fingerprint density at radius 1 is 1.53 bits per heavy atom. The number of halogens is 2. The van der Waals surface area contributed by atoms with Crippen molar-refractivity contribution >= 4 is 23.3 Å². The van der Waals surface area contributed by atoms with Gasteiger partial charge in [0.25, 0.3) is 0 Å². The van der Waals surface area contributed by atoms with Gasteiger partial charge in [0.05, 0.1) is 17.4 Å². The van der Waals surface area contributed by atoms with Gasteiger partial charge in [0.2, 0.25) is 0 Å². The predicted molar refractivity (Wildman–Crippen MR) is 56.4 cm³/mol. The lowest BCUT2D eigenvalue weighted by molar-refractivity contribution is 0.0379. The maximum atomic E-state index is 13.1. The molecule has 0 aliphatic heterocycles. The summed E-state index contributed by atoms with van der Waals surface area (Å²) in [5.41, 5.74) is 5.10. The fraction of sp³-hybridized carbons (Fsp3) is 0.300.